The van der Waals surface area contributed by atoms with E-state index in [0.29, 0.717) is 17.5 Å². The van der Waals surface area contributed by atoms with Gasteiger partial charge in [0, 0.05) is 33.6 Å². The molecule has 0 aliphatic rings. The zero-order valence-corrected chi connectivity index (χ0v) is 18.0. The highest BCUT2D eigenvalue weighted by Gasteiger charge is 2.20. The first-order valence-electron chi connectivity index (χ1n) is 9.71. The average molecular weight is 374 g/mol. The number of hydrogen-bond acceptors (Lipinski definition) is 4. The molecule has 2 aromatic heterocycles. The number of nitrogens with zero attached hydrogens (tertiary/aromatic N) is 5. The van der Waals surface area contributed by atoms with Crippen molar-refractivity contribution in [1.29, 1.82) is 0 Å². The van der Waals surface area contributed by atoms with Crippen LogP contribution in [0.5, 0.6) is 0 Å². The summed E-state index contributed by atoms with van der Waals surface area (Å²) in [5.74, 6) is 0.719. The minimum Gasteiger partial charge on any atom is -0.342 e. The molecule has 0 amide bonds. The van der Waals surface area contributed by atoms with Gasteiger partial charge in [-0.3, -0.25) is 9.36 Å². The number of anilines is 1. The quantitative estimate of drug-likeness (QED) is 0.689. The van der Waals surface area contributed by atoms with Gasteiger partial charge in [0.1, 0.15) is 5.39 Å². The van der Waals surface area contributed by atoms with Gasteiger partial charge in [0.05, 0.1) is 5.69 Å². The number of fused-ring (bicyclic) bond motifs is 1. The first-order chi connectivity index (χ1) is 12.8. The van der Waals surface area contributed by atoms with Crippen LogP contribution in [0, 0.1) is 0 Å². The second-order valence-corrected chi connectivity index (χ2v) is 6.83. The van der Waals surface area contributed by atoms with Gasteiger partial charge in [-0.2, -0.15) is 10.1 Å². The summed E-state index contributed by atoms with van der Waals surface area (Å²) in [6.07, 6.45) is 6.63. The maximum Gasteiger partial charge on any atom is 0.266 e. The molecule has 0 aliphatic carbocycles. The Labute approximate surface area is 163 Å². The van der Waals surface area contributed by atoms with Crippen molar-refractivity contribution in [2.24, 2.45) is 14.1 Å². The third-order valence-electron chi connectivity index (χ3n) is 4.19. The lowest BCUT2D eigenvalue weighted by Crippen LogP contribution is -2.33. The van der Waals surface area contributed by atoms with Gasteiger partial charge in [0.25, 0.3) is 5.56 Å². The van der Waals surface area contributed by atoms with Crippen molar-refractivity contribution in [3.63, 3.8) is 0 Å². The van der Waals surface area contributed by atoms with E-state index in [2.05, 4.69) is 30.4 Å². The molecule has 2 aromatic rings. The zero-order valence-electron chi connectivity index (χ0n) is 18.0. The first-order valence-corrected chi connectivity index (χ1v) is 9.71. The van der Waals surface area contributed by atoms with Crippen molar-refractivity contribution < 1.29 is 0 Å². The lowest BCUT2D eigenvalue weighted by Gasteiger charge is -2.24. The van der Waals surface area contributed by atoms with Crippen molar-refractivity contribution in [2.75, 3.05) is 18.0 Å². The number of aryl methyl sites for hydroxylation is 1. The predicted octanol–water partition coefficient (Wildman–Crippen LogP) is 3.99. The normalized spacial score (nSPS) is 10.9. The largest absolute Gasteiger partial charge is 0.342 e. The summed E-state index contributed by atoms with van der Waals surface area (Å²) in [5.41, 5.74) is 2.35. The van der Waals surface area contributed by atoms with Crippen molar-refractivity contribution in [3.8, 4) is 0 Å². The van der Waals surface area contributed by atoms with Gasteiger partial charge in [-0.05, 0) is 33.6 Å². The van der Waals surface area contributed by atoms with E-state index in [1.165, 1.54) is 0 Å². The van der Waals surface area contributed by atoms with E-state index in [-0.39, 0.29) is 5.56 Å². The maximum atomic E-state index is 12.9. The average Bonchev–Trinajstić information content (AvgIpc) is 2.93. The van der Waals surface area contributed by atoms with Gasteiger partial charge in [0.2, 0.25) is 5.95 Å². The Morgan fingerprint density at radius 2 is 1.70 bits per heavy atom. The second kappa shape index (κ2) is 10.7. The van der Waals surface area contributed by atoms with Crippen molar-refractivity contribution in [3.05, 3.63) is 40.4 Å². The van der Waals surface area contributed by atoms with Crippen LogP contribution in [-0.4, -0.2) is 32.4 Å². The molecular formula is C21H35N5O. The molecule has 0 aliphatic heterocycles. The van der Waals surface area contributed by atoms with Crippen molar-refractivity contribution >= 4 is 17.0 Å². The Morgan fingerprint density at radius 3 is 2.15 bits per heavy atom. The molecule has 0 N–H and O–H groups in total. The number of rotatable bonds is 7. The van der Waals surface area contributed by atoms with Crippen LogP contribution >= 0.6 is 0 Å². The Bertz CT molecular complexity index is 834. The van der Waals surface area contributed by atoms with E-state index in [1.54, 1.807) is 16.3 Å². The second-order valence-electron chi connectivity index (χ2n) is 6.83. The Kier molecular flexibility index (Phi) is 8.98. The van der Waals surface area contributed by atoms with Crippen LogP contribution in [0.2, 0.25) is 0 Å². The van der Waals surface area contributed by atoms with Crippen LogP contribution in [-0.2, 0) is 20.5 Å². The highest BCUT2D eigenvalue weighted by atomic mass is 16.1. The van der Waals surface area contributed by atoms with Gasteiger partial charge >= 0.3 is 0 Å². The van der Waals surface area contributed by atoms with Crippen LogP contribution < -0.4 is 10.5 Å². The summed E-state index contributed by atoms with van der Waals surface area (Å²) >= 11 is 0. The van der Waals surface area contributed by atoms with Crippen LogP contribution in [0.15, 0.2) is 29.1 Å². The van der Waals surface area contributed by atoms with Crippen LogP contribution in [0.25, 0.3) is 11.0 Å². The summed E-state index contributed by atoms with van der Waals surface area (Å²) in [4.78, 5) is 19.8. The molecule has 0 fully saturated rings. The van der Waals surface area contributed by atoms with E-state index >= 15 is 0 Å². The summed E-state index contributed by atoms with van der Waals surface area (Å²) in [6.45, 7) is 15.9. The molecule has 0 unspecified atom stereocenters. The molecule has 0 bridgehead atoms. The SMILES string of the molecule is C/C=C/C.C=C(C)Cc1nn(C)c2nc(N(CCC)CCC)n(C)c(=O)c12. The number of hydrogen-bond donors (Lipinski definition) is 0. The fraction of sp³-hybridized carbons (Fsp3) is 0.571. The Balaban J connectivity index is 0.000000828. The topological polar surface area (TPSA) is 56.0 Å². The summed E-state index contributed by atoms with van der Waals surface area (Å²) < 4.78 is 3.35. The molecule has 0 atom stereocenters. The van der Waals surface area contributed by atoms with Crippen molar-refractivity contribution in [1.82, 2.24) is 19.3 Å². The highest BCUT2D eigenvalue weighted by Crippen LogP contribution is 2.19. The smallest absolute Gasteiger partial charge is 0.266 e. The molecule has 2 heterocycles. The molecule has 27 heavy (non-hydrogen) atoms. The van der Waals surface area contributed by atoms with E-state index < -0.39 is 0 Å². The molecule has 2 rings (SSSR count). The van der Waals surface area contributed by atoms with Gasteiger partial charge in [-0.1, -0.05) is 38.2 Å². The Morgan fingerprint density at radius 1 is 1.15 bits per heavy atom. The van der Waals surface area contributed by atoms with E-state index in [1.807, 2.05) is 40.0 Å². The maximum absolute atomic E-state index is 12.9. The minimum absolute atomic E-state index is 0.0356. The predicted molar refractivity (Wildman–Crippen MR) is 116 cm³/mol. The third-order valence-corrected chi connectivity index (χ3v) is 4.19. The molecule has 0 radical (unpaired) electrons. The molecule has 150 valence electrons. The van der Waals surface area contributed by atoms with Crippen LogP contribution in [0.4, 0.5) is 5.95 Å². The summed E-state index contributed by atoms with van der Waals surface area (Å²) in [6, 6.07) is 0. The molecule has 6 nitrogen and oxygen atoms in total. The van der Waals surface area contributed by atoms with Crippen LogP contribution in [0.3, 0.4) is 0 Å². The fourth-order valence-electron chi connectivity index (χ4n) is 2.89. The first kappa shape index (κ1) is 22.7. The third kappa shape index (κ3) is 5.55. The number of aromatic nitrogens is 4. The number of allylic oxidation sites excluding steroid dienone is 3. The Hall–Kier alpha value is -2.37. The molecule has 0 saturated heterocycles. The molecule has 6 heteroatoms. The van der Waals surface area contributed by atoms with Gasteiger partial charge in [0.15, 0.2) is 5.65 Å². The van der Waals surface area contributed by atoms with Crippen LogP contribution in [0.1, 0.15) is 53.2 Å². The zero-order chi connectivity index (χ0) is 20.6. The lowest BCUT2D eigenvalue weighted by atomic mass is 10.1. The van der Waals surface area contributed by atoms with E-state index in [0.717, 1.165) is 43.1 Å². The highest BCUT2D eigenvalue weighted by molar-refractivity contribution is 5.79. The molecular weight excluding hydrogens is 338 g/mol. The molecule has 0 aromatic carbocycles. The monoisotopic (exact) mass is 373 g/mol. The van der Waals surface area contributed by atoms with E-state index in [9.17, 15) is 4.79 Å². The van der Waals surface area contributed by atoms with Gasteiger partial charge in [-0.15, -0.1) is 0 Å². The summed E-state index contributed by atoms with van der Waals surface area (Å²) in [7, 11) is 3.63. The molecule has 0 spiro atoms. The standard InChI is InChI=1S/C17H27N5O.C4H8/c1-7-9-22(10-8-2)17-18-15-14(16(23)20(17)5)13(11-12(3)4)19-21(15)6;1-3-4-2/h3,7-11H2,1-2,4-6H3;3-4H,1-2H3/b;4-3+. The van der Waals surface area contributed by atoms with Gasteiger partial charge in [-0.25, -0.2) is 4.68 Å². The minimum atomic E-state index is -0.0356. The van der Waals surface area contributed by atoms with Crippen molar-refractivity contribution in [2.45, 2.75) is 53.9 Å². The molecule has 0 saturated carbocycles. The lowest BCUT2D eigenvalue weighted by molar-refractivity contribution is 0.681. The summed E-state index contributed by atoms with van der Waals surface area (Å²) in [5, 5.41) is 5.09. The van der Waals surface area contributed by atoms with E-state index in [4.69, 9.17) is 4.98 Å². The van der Waals surface area contributed by atoms with Gasteiger partial charge < -0.3 is 4.90 Å². The fourth-order valence-corrected chi connectivity index (χ4v) is 2.89.